The molecule has 0 saturated heterocycles. The molecule has 1 aliphatic heterocycles. The second-order valence-electron chi connectivity index (χ2n) is 6.08. The van der Waals surface area contributed by atoms with Gasteiger partial charge in [0.2, 0.25) is 0 Å². The van der Waals surface area contributed by atoms with Gasteiger partial charge in [-0.2, -0.15) is 0 Å². The quantitative estimate of drug-likeness (QED) is 0.563. The first-order chi connectivity index (χ1) is 13.6. The molecule has 0 fully saturated rings. The lowest BCUT2D eigenvalue weighted by molar-refractivity contribution is -0.123. The Balaban J connectivity index is 1.88. The molecule has 0 saturated carbocycles. The Hall–Kier alpha value is -2.82. The van der Waals surface area contributed by atoms with E-state index in [4.69, 9.17) is 23.2 Å². The summed E-state index contributed by atoms with van der Waals surface area (Å²) in [5.74, 6) is -0.164. The molecule has 2 aromatic rings. The zero-order chi connectivity index (χ0) is 20.1. The lowest BCUT2D eigenvalue weighted by Crippen LogP contribution is -2.38. The number of nitrogens with zero attached hydrogens (tertiary/aromatic N) is 2. The fraction of sp³-hybridized carbons (Fsp3) is 0.0909. The number of carbonyl (C=O) groups is 1. The molecule has 4 nitrogen and oxygen atoms in total. The number of amides is 1. The topological polar surface area (TPSA) is 44.7 Å². The third-order valence-electron chi connectivity index (χ3n) is 4.21. The van der Waals surface area contributed by atoms with Crippen LogP contribution < -0.4 is 5.32 Å². The first-order valence-electron chi connectivity index (χ1n) is 8.66. The van der Waals surface area contributed by atoms with Gasteiger partial charge < -0.3 is 10.2 Å². The van der Waals surface area contributed by atoms with Crippen LogP contribution in [0.2, 0.25) is 10.0 Å². The summed E-state index contributed by atoms with van der Waals surface area (Å²) in [5.41, 5.74) is 3.40. The van der Waals surface area contributed by atoms with Crippen LogP contribution in [-0.2, 0) is 4.79 Å². The SMILES string of the molecule is C=CCN(CC=C)C(=O)C1=NC=C1c1ccccc1Nc1c(Cl)cccc1Cl. The van der Waals surface area contributed by atoms with E-state index in [9.17, 15) is 4.79 Å². The third-order valence-corrected chi connectivity index (χ3v) is 4.84. The van der Waals surface area contributed by atoms with Gasteiger partial charge in [-0.3, -0.25) is 4.79 Å². The molecule has 1 heterocycles. The minimum absolute atomic E-state index is 0.164. The second-order valence-corrected chi connectivity index (χ2v) is 6.89. The highest BCUT2D eigenvalue weighted by molar-refractivity contribution is 6.58. The number of rotatable bonds is 8. The fourth-order valence-electron chi connectivity index (χ4n) is 2.84. The zero-order valence-corrected chi connectivity index (χ0v) is 16.7. The van der Waals surface area contributed by atoms with Crippen molar-refractivity contribution in [3.05, 3.63) is 89.6 Å². The Morgan fingerprint density at radius 3 is 2.25 bits per heavy atom. The monoisotopic (exact) mass is 411 g/mol. The highest BCUT2D eigenvalue weighted by atomic mass is 35.5. The van der Waals surface area contributed by atoms with E-state index in [1.807, 2.05) is 24.3 Å². The standard InChI is InChI=1S/C22H19Cl2N3O/c1-3-12-27(13-4-2)22(28)20-16(14-25-20)15-8-5-6-11-19(15)26-21-17(23)9-7-10-18(21)24/h3-11,14,26H,1-2,12-13H2. The van der Waals surface area contributed by atoms with Gasteiger partial charge in [-0.25, -0.2) is 4.99 Å². The second kappa shape index (κ2) is 8.91. The molecule has 1 amide bonds. The summed E-state index contributed by atoms with van der Waals surface area (Å²) in [7, 11) is 0. The number of benzene rings is 2. The van der Waals surface area contributed by atoms with Crippen molar-refractivity contribution in [3.63, 3.8) is 0 Å². The molecule has 0 aromatic heterocycles. The normalized spacial score (nSPS) is 12.4. The molecular formula is C22H19Cl2N3O. The van der Waals surface area contributed by atoms with E-state index >= 15 is 0 Å². The van der Waals surface area contributed by atoms with Crippen molar-refractivity contribution < 1.29 is 4.79 Å². The van der Waals surface area contributed by atoms with Crippen molar-refractivity contribution >= 4 is 51.8 Å². The third kappa shape index (κ3) is 4.03. The fourth-order valence-corrected chi connectivity index (χ4v) is 3.33. The van der Waals surface area contributed by atoms with E-state index in [1.54, 1.807) is 41.5 Å². The van der Waals surface area contributed by atoms with Crippen LogP contribution in [0.1, 0.15) is 5.56 Å². The van der Waals surface area contributed by atoms with E-state index in [1.165, 1.54) is 0 Å². The average Bonchev–Trinajstić information content (AvgIpc) is 2.65. The summed E-state index contributed by atoms with van der Waals surface area (Å²) in [5, 5.41) is 4.30. The molecule has 1 aliphatic rings. The molecule has 0 aliphatic carbocycles. The van der Waals surface area contributed by atoms with Crippen molar-refractivity contribution in [1.29, 1.82) is 0 Å². The van der Waals surface area contributed by atoms with E-state index < -0.39 is 0 Å². The van der Waals surface area contributed by atoms with Gasteiger partial charge in [0.25, 0.3) is 5.91 Å². The molecule has 0 radical (unpaired) electrons. The number of nitrogens with one attached hydrogen (secondary N) is 1. The molecule has 0 atom stereocenters. The lowest BCUT2D eigenvalue weighted by atomic mass is 9.96. The average molecular weight is 412 g/mol. The van der Waals surface area contributed by atoms with Gasteiger partial charge in [0.1, 0.15) is 5.71 Å². The molecule has 0 spiro atoms. The van der Waals surface area contributed by atoms with Crippen LogP contribution in [-0.4, -0.2) is 29.6 Å². The van der Waals surface area contributed by atoms with Crippen LogP contribution in [0, 0.1) is 0 Å². The van der Waals surface area contributed by atoms with Crippen LogP contribution in [0.3, 0.4) is 0 Å². The van der Waals surface area contributed by atoms with E-state index in [0.29, 0.717) is 34.5 Å². The van der Waals surface area contributed by atoms with Gasteiger partial charge in [0.05, 0.1) is 15.7 Å². The van der Waals surface area contributed by atoms with Crippen molar-refractivity contribution in [2.75, 3.05) is 18.4 Å². The predicted octanol–water partition coefficient (Wildman–Crippen LogP) is 5.73. The summed E-state index contributed by atoms with van der Waals surface area (Å²) >= 11 is 12.6. The van der Waals surface area contributed by atoms with Crippen LogP contribution >= 0.6 is 23.2 Å². The van der Waals surface area contributed by atoms with Crippen LogP contribution in [0.4, 0.5) is 11.4 Å². The Bertz CT molecular complexity index is 965. The largest absolute Gasteiger partial charge is 0.353 e. The highest BCUT2D eigenvalue weighted by Crippen LogP contribution is 2.36. The van der Waals surface area contributed by atoms with Gasteiger partial charge in [-0.1, -0.05) is 59.6 Å². The zero-order valence-electron chi connectivity index (χ0n) is 15.2. The van der Waals surface area contributed by atoms with Crippen molar-refractivity contribution in [2.45, 2.75) is 0 Å². The maximum atomic E-state index is 12.9. The maximum Gasteiger partial charge on any atom is 0.273 e. The van der Waals surface area contributed by atoms with E-state index in [-0.39, 0.29) is 5.91 Å². The summed E-state index contributed by atoms with van der Waals surface area (Å²) < 4.78 is 0. The highest BCUT2D eigenvalue weighted by Gasteiger charge is 2.28. The van der Waals surface area contributed by atoms with E-state index in [0.717, 1.165) is 16.8 Å². The summed E-state index contributed by atoms with van der Waals surface area (Å²) in [6.45, 7) is 8.26. The van der Waals surface area contributed by atoms with Gasteiger partial charge in [0.15, 0.2) is 0 Å². The molecule has 0 bridgehead atoms. The first kappa shape index (κ1) is 19.9. The smallest absolute Gasteiger partial charge is 0.273 e. The van der Waals surface area contributed by atoms with Gasteiger partial charge in [-0.05, 0) is 18.2 Å². The minimum atomic E-state index is -0.164. The first-order valence-corrected chi connectivity index (χ1v) is 9.42. The number of para-hydroxylation sites is 2. The molecule has 142 valence electrons. The van der Waals surface area contributed by atoms with Gasteiger partial charge >= 0.3 is 0 Å². The molecule has 1 N–H and O–H groups in total. The Kier molecular flexibility index (Phi) is 6.34. The number of hydrogen-bond donors (Lipinski definition) is 1. The molecule has 28 heavy (non-hydrogen) atoms. The van der Waals surface area contributed by atoms with Gasteiger partial charge in [0, 0.05) is 36.1 Å². The summed E-state index contributed by atoms with van der Waals surface area (Å²) in [6.07, 6.45) is 5.04. The predicted molar refractivity (Wildman–Crippen MR) is 119 cm³/mol. The molecule has 2 aromatic carbocycles. The number of anilines is 2. The Morgan fingerprint density at radius 1 is 1.04 bits per heavy atom. The van der Waals surface area contributed by atoms with Crippen molar-refractivity contribution in [3.8, 4) is 0 Å². The lowest BCUT2D eigenvalue weighted by Gasteiger charge is -2.25. The molecule has 3 rings (SSSR count). The van der Waals surface area contributed by atoms with E-state index in [2.05, 4.69) is 23.5 Å². The molecular weight excluding hydrogens is 393 g/mol. The Labute approximate surface area is 174 Å². The number of carbonyl (C=O) groups excluding carboxylic acids is 1. The van der Waals surface area contributed by atoms with Crippen molar-refractivity contribution in [2.24, 2.45) is 4.99 Å². The van der Waals surface area contributed by atoms with Crippen molar-refractivity contribution in [1.82, 2.24) is 4.90 Å². The molecule has 0 unspecified atom stereocenters. The van der Waals surface area contributed by atoms with Crippen LogP contribution in [0.25, 0.3) is 5.57 Å². The Morgan fingerprint density at radius 2 is 1.68 bits per heavy atom. The maximum absolute atomic E-state index is 12.9. The minimum Gasteiger partial charge on any atom is -0.353 e. The number of hydrogen-bond acceptors (Lipinski definition) is 3. The van der Waals surface area contributed by atoms with Gasteiger partial charge in [-0.15, -0.1) is 13.2 Å². The van der Waals surface area contributed by atoms with Crippen LogP contribution in [0.5, 0.6) is 0 Å². The summed E-state index contributed by atoms with van der Waals surface area (Å²) in [6, 6.07) is 12.9. The number of aliphatic imine (C=N–C) groups is 1. The van der Waals surface area contributed by atoms with Crippen LogP contribution in [0.15, 0.2) is 79.0 Å². The number of halogens is 2. The summed E-state index contributed by atoms with van der Waals surface area (Å²) in [4.78, 5) is 18.7. The molecule has 6 heteroatoms.